The Hall–Kier alpha value is -1.95. The number of fused-ring (bicyclic) bond motifs is 2. The summed E-state index contributed by atoms with van der Waals surface area (Å²) in [6, 6.07) is 3.99. The number of rotatable bonds is 5. The Balaban J connectivity index is 1.94. The number of amides is 1. The minimum Gasteiger partial charge on any atom is -0.454 e. The van der Waals surface area contributed by atoms with Crippen LogP contribution in [0.15, 0.2) is 12.1 Å². The zero-order valence-electron chi connectivity index (χ0n) is 17.0. The third-order valence-corrected chi connectivity index (χ3v) is 4.94. The molecule has 1 atom stereocenters. The number of β-amino-alcohol motifs (C(OH)–C–C–N with tert-alkyl or cyclic N) is 1. The van der Waals surface area contributed by atoms with Crippen LogP contribution in [-0.4, -0.2) is 48.4 Å². The SMILES string of the molecule is CCCC(O)CN1CCC(=O)N(CC(C)(C)C)Cc2cc3c(cc21)OCO3. The average molecular weight is 376 g/mol. The number of carbonyl (C=O) groups excluding carboxylic acids is 1. The van der Waals surface area contributed by atoms with Gasteiger partial charge in [0.15, 0.2) is 11.5 Å². The molecule has 1 N–H and O–H groups in total. The lowest BCUT2D eigenvalue weighted by Crippen LogP contribution is -2.43. The normalized spacial score (nSPS) is 18.2. The minimum atomic E-state index is -0.409. The zero-order valence-corrected chi connectivity index (χ0v) is 17.0. The van der Waals surface area contributed by atoms with Gasteiger partial charge < -0.3 is 24.4 Å². The molecule has 0 spiro atoms. The third kappa shape index (κ3) is 4.86. The predicted octanol–water partition coefficient (Wildman–Crippen LogP) is 3.16. The maximum atomic E-state index is 12.8. The van der Waals surface area contributed by atoms with Gasteiger partial charge in [0.05, 0.1) is 6.10 Å². The molecule has 0 radical (unpaired) electrons. The first-order valence-corrected chi connectivity index (χ1v) is 9.90. The molecule has 27 heavy (non-hydrogen) atoms. The van der Waals surface area contributed by atoms with Crippen LogP contribution in [0.1, 0.15) is 52.5 Å². The van der Waals surface area contributed by atoms with Gasteiger partial charge in [-0.25, -0.2) is 0 Å². The van der Waals surface area contributed by atoms with Crippen molar-refractivity contribution in [3.05, 3.63) is 17.7 Å². The summed E-state index contributed by atoms with van der Waals surface area (Å²) < 4.78 is 11.1. The lowest BCUT2D eigenvalue weighted by molar-refractivity contribution is -0.133. The number of aliphatic hydroxyl groups is 1. The second-order valence-corrected chi connectivity index (χ2v) is 8.78. The summed E-state index contributed by atoms with van der Waals surface area (Å²) in [4.78, 5) is 16.9. The maximum Gasteiger partial charge on any atom is 0.231 e. The Bertz CT molecular complexity index is 683. The van der Waals surface area contributed by atoms with Crippen LogP contribution in [0.5, 0.6) is 11.5 Å². The molecular formula is C21H32N2O4. The van der Waals surface area contributed by atoms with Gasteiger partial charge in [0.2, 0.25) is 12.7 Å². The molecule has 0 saturated carbocycles. The Labute approximate surface area is 162 Å². The molecule has 6 nitrogen and oxygen atoms in total. The highest BCUT2D eigenvalue weighted by atomic mass is 16.7. The molecule has 2 aliphatic heterocycles. The van der Waals surface area contributed by atoms with Crippen molar-refractivity contribution in [3.8, 4) is 11.5 Å². The Kier molecular flexibility index (Phi) is 5.84. The Morgan fingerprint density at radius 3 is 2.56 bits per heavy atom. The van der Waals surface area contributed by atoms with E-state index in [0.29, 0.717) is 32.6 Å². The van der Waals surface area contributed by atoms with Crippen molar-refractivity contribution in [1.82, 2.24) is 4.90 Å². The van der Waals surface area contributed by atoms with E-state index in [0.717, 1.165) is 35.6 Å². The van der Waals surface area contributed by atoms with Gasteiger partial charge in [-0.05, 0) is 23.5 Å². The average Bonchev–Trinajstić information content (AvgIpc) is 3.02. The van der Waals surface area contributed by atoms with Crippen LogP contribution in [-0.2, 0) is 11.3 Å². The molecule has 2 aliphatic rings. The number of ether oxygens (including phenoxy) is 2. The van der Waals surface area contributed by atoms with Crippen molar-refractivity contribution >= 4 is 11.6 Å². The molecule has 150 valence electrons. The molecule has 0 fully saturated rings. The van der Waals surface area contributed by atoms with Crippen LogP contribution in [0.25, 0.3) is 0 Å². The standard InChI is InChI=1S/C21H32N2O4/c1-5-6-16(24)12-22-8-7-20(25)23(13-21(2,3)4)11-15-9-18-19(10-17(15)22)27-14-26-18/h9-10,16,24H,5-8,11-14H2,1-4H3. The molecule has 0 bridgehead atoms. The van der Waals surface area contributed by atoms with Gasteiger partial charge >= 0.3 is 0 Å². The molecule has 0 aromatic heterocycles. The second-order valence-electron chi connectivity index (χ2n) is 8.78. The molecule has 6 heteroatoms. The van der Waals surface area contributed by atoms with Gasteiger partial charge in [0, 0.05) is 44.4 Å². The molecule has 3 rings (SSSR count). The van der Waals surface area contributed by atoms with Gasteiger partial charge in [-0.1, -0.05) is 34.1 Å². The van der Waals surface area contributed by atoms with E-state index in [1.165, 1.54) is 0 Å². The van der Waals surface area contributed by atoms with E-state index in [1.54, 1.807) is 0 Å². The van der Waals surface area contributed by atoms with Crippen molar-refractivity contribution < 1.29 is 19.4 Å². The summed E-state index contributed by atoms with van der Waals surface area (Å²) in [5.41, 5.74) is 2.10. The summed E-state index contributed by atoms with van der Waals surface area (Å²) in [6.07, 6.45) is 1.72. The molecule has 1 amide bonds. The number of aliphatic hydroxyl groups excluding tert-OH is 1. The van der Waals surface area contributed by atoms with Crippen molar-refractivity contribution in [1.29, 1.82) is 0 Å². The fraction of sp³-hybridized carbons (Fsp3) is 0.667. The zero-order chi connectivity index (χ0) is 19.6. The van der Waals surface area contributed by atoms with E-state index in [-0.39, 0.29) is 18.1 Å². The summed E-state index contributed by atoms with van der Waals surface area (Å²) >= 11 is 0. The lowest BCUT2D eigenvalue weighted by Gasteiger charge is -2.36. The lowest BCUT2D eigenvalue weighted by atomic mass is 9.95. The maximum absolute atomic E-state index is 12.8. The van der Waals surface area contributed by atoms with Gasteiger partial charge in [0.1, 0.15) is 0 Å². The highest BCUT2D eigenvalue weighted by Gasteiger charge is 2.29. The number of anilines is 1. The van der Waals surface area contributed by atoms with E-state index in [1.807, 2.05) is 17.0 Å². The van der Waals surface area contributed by atoms with Crippen LogP contribution in [0.2, 0.25) is 0 Å². The molecule has 1 aromatic rings. The number of hydrogen-bond donors (Lipinski definition) is 1. The third-order valence-electron chi connectivity index (χ3n) is 4.94. The number of benzene rings is 1. The number of carbonyl (C=O) groups is 1. The second kappa shape index (κ2) is 7.97. The highest BCUT2D eigenvalue weighted by molar-refractivity contribution is 5.78. The first kappa shape index (κ1) is 19.8. The monoisotopic (exact) mass is 376 g/mol. The van der Waals surface area contributed by atoms with E-state index in [9.17, 15) is 9.90 Å². The summed E-state index contributed by atoms with van der Waals surface area (Å²) in [7, 11) is 0. The van der Waals surface area contributed by atoms with Crippen molar-refractivity contribution in [2.75, 3.05) is 31.3 Å². The van der Waals surface area contributed by atoms with Crippen molar-refractivity contribution in [2.24, 2.45) is 5.41 Å². The Morgan fingerprint density at radius 1 is 1.19 bits per heavy atom. The smallest absolute Gasteiger partial charge is 0.231 e. The predicted molar refractivity (Wildman–Crippen MR) is 105 cm³/mol. The summed E-state index contributed by atoms with van der Waals surface area (Å²) in [5.74, 6) is 1.62. The van der Waals surface area contributed by atoms with Gasteiger partial charge in [-0.2, -0.15) is 0 Å². The quantitative estimate of drug-likeness (QED) is 0.855. The van der Waals surface area contributed by atoms with Crippen molar-refractivity contribution in [3.63, 3.8) is 0 Å². The summed E-state index contributed by atoms with van der Waals surface area (Å²) in [5, 5.41) is 10.4. The molecular weight excluding hydrogens is 344 g/mol. The first-order valence-electron chi connectivity index (χ1n) is 9.90. The fourth-order valence-corrected chi connectivity index (χ4v) is 3.78. The summed E-state index contributed by atoms with van der Waals surface area (Å²) in [6.45, 7) is 11.1. The highest BCUT2D eigenvalue weighted by Crippen LogP contribution is 2.40. The molecule has 1 aromatic carbocycles. The topological polar surface area (TPSA) is 62.2 Å². The van der Waals surface area contributed by atoms with Crippen LogP contribution in [0, 0.1) is 5.41 Å². The van der Waals surface area contributed by atoms with Crippen LogP contribution in [0.3, 0.4) is 0 Å². The van der Waals surface area contributed by atoms with E-state index in [2.05, 4.69) is 32.6 Å². The van der Waals surface area contributed by atoms with E-state index < -0.39 is 6.10 Å². The molecule has 0 saturated heterocycles. The van der Waals surface area contributed by atoms with Crippen LogP contribution in [0.4, 0.5) is 5.69 Å². The fourth-order valence-electron chi connectivity index (χ4n) is 3.78. The first-order chi connectivity index (χ1) is 12.8. The van der Waals surface area contributed by atoms with Crippen molar-refractivity contribution in [2.45, 2.75) is 59.6 Å². The van der Waals surface area contributed by atoms with Gasteiger partial charge in [-0.3, -0.25) is 4.79 Å². The van der Waals surface area contributed by atoms with E-state index >= 15 is 0 Å². The van der Waals surface area contributed by atoms with E-state index in [4.69, 9.17) is 9.47 Å². The molecule has 1 unspecified atom stereocenters. The van der Waals surface area contributed by atoms with Gasteiger partial charge in [0.25, 0.3) is 0 Å². The van der Waals surface area contributed by atoms with Crippen LogP contribution >= 0.6 is 0 Å². The molecule has 0 aliphatic carbocycles. The minimum absolute atomic E-state index is 0.0301. The molecule has 2 heterocycles. The van der Waals surface area contributed by atoms with Gasteiger partial charge in [-0.15, -0.1) is 0 Å². The number of hydrogen-bond acceptors (Lipinski definition) is 5. The van der Waals surface area contributed by atoms with Crippen LogP contribution < -0.4 is 14.4 Å². The Morgan fingerprint density at radius 2 is 1.89 bits per heavy atom. The number of nitrogens with zero attached hydrogens (tertiary/aromatic N) is 2. The largest absolute Gasteiger partial charge is 0.454 e.